The molecular formula is C18H18ClN5O12S4. The Morgan fingerprint density at radius 3 is 2.20 bits per heavy atom. The minimum atomic E-state index is -5.00. The second-order valence-electron chi connectivity index (χ2n) is 7.44. The summed E-state index contributed by atoms with van der Waals surface area (Å²) in [6.07, 6.45) is 0. The van der Waals surface area contributed by atoms with E-state index in [0.717, 1.165) is 6.07 Å². The minimum absolute atomic E-state index is 0.0767. The lowest BCUT2D eigenvalue weighted by molar-refractivity contribution is -0.434. The molecule has 2 aromatic carbocycles. The van der Waals surface area contributed by atoms with E-state index in [1.165, 1.54) is 31.2 Å². The molecule has 0 saturated carbocycles. The highest BCUT2D eigenvalue weighted by molar-refractivity contribution is 7.91. The number of halogens is 1. The van der Waals surface area contributed by atoms with Crippen LogP contribution in [0.3, 0.4) is 0 Å². The molecular weight excluding hydrogens is 642 g/mol. The van der Waals surface area contributed by atoms with Gasteiger partial charge < -0.3 is 10.6 Å². The molecule has 0 aliphatic heterocycles. The maximum Gasteiger partial charge on any atom is 0.296 e. The van der Waals surface area contributed by atoms with Crippen LogP contribution in [0.1, 0.15) is 5.56 Å². The third kappa shape index (κ3) is 8.65. The Kier molecular flexibility index (Phi) is 10.2. The van der Waals surface area contributed by atoms with Gasteiger partial charge in [-0.1, -0.05) is 11.1 Å². The SMILES string of the molecule is Cc1cc(Nc2nc(Cl)nc(Nc3cccc(S(=O)(=O)CCOSOOO)c3)n2)c(S(=O)(=O)O)cc1S(=O)(=O)O. The number of hydrogen-bond donors (Lipinski definition) is 5. The van der Waals surface area contributed by atoms with Crippen molar-refractivity contribution in [2.24, 2.45) is 0 Å². The van der Waals surface area contributed by atoms with E-state index in [9.17, 15) is 34.4 Å². The van der Waals surface area contributed by atoms with Crippen LogP contribution in [0.2, 0.25) is 5.28 Å². The van der Waals surface area contributed by atoms with Crippen molar-refractivity contribution < 1.29 is 53.2 Å². The van der Waals surface area contributed by atoms with Crippen LogP contribution in [0.5, 0.6) is 0 Å². The predicted octanol–water partition coefficient (Wildman–Crippen LogP) is 2.59. The second kappa shape index (κ2) is 12.9. The first-order chi connectivity index (χ1) is 18.6. The molecule has 0 aliphatic carbocycles. The van der Waals surface area contributed by atoms with Crippen molar-refractivity contribution in [3.63, 3.8) is 0 Å². The van der Waals surface area contributed by atoms with Gasteiger partial charge in [-0.15, -0.1) is 4.33 Å². The van der Waals surface area contributed by atoms with Crippen molar-refractivity contribution >= 4 is 77.3 Å². The Labute approximate surface area is 236 Å². The summed E-state index contributed by atoms with van der Waals surface area (Å²) in [4.78, 5) is 9.94. The Hall–Kier alpha value is -2.70. The monoisotopic (exact) mass is 659 g/mol. The zero-order valence-corrected chi connectivity index (χ0v) is 23.8. The van der Waals surface area contributed by atoms with Gasteiger partial charge in [0.15, 0.2) is 22.2 Å². The number of rotatable bonds is 13. The first kappa shape index (κ1) is 31.8. The lowest BCUT2D eigenvalue weighted by Gasteiger charge is -2.13. The highest BCUT2D eigenvalue weighted by Gasteiger charge is 2.24. The summed E-state index contributed by atoms with van der Waals surface area (Å²) in [5.41, 5.74) is -0.231. The first-order valence-corrected chi connectivity index (χ1v) is 15.8. The lowest BCUT2D eigenvalue weighted by atomic mass is 10.2. The van der Waals surface area contributed by atoms with E-state index in [0.29, 0.717) is 6.07 Å². The fraction of sp³-hybridized carbons (Fsp3) is 0.167. The molecule has 218 valence electrons. The molecule has 1 heterocycles. The Morgan fingerprint density at radius 2 is 1.57 bits per heavy atom. The quantitative estimate of drug-likeness (QED) is 0.0580. The topological polar surface area (TPSA) is 254 Å². The summed E-state index contributed by atoms with van der Waals surface area (Å²) >= 11 is 6.18. The van der Waals surface area contributed by atoms with Crippen LogP contribution in [0.15, 0.2) is 51.1 Å². The molecule has 0 aliphatic rings. The molecule has 17 nitrogen and oxygen atoms in total. The molecule has 3 rings (SSSR count). The van der Waals surface area contributed by atoms with Crippen LogP contribution in [-0.4, -0.2) is 66.9 Å². The highest BCUT2D eigenvalue weighted by Crippen LogP contribution is 2.30. The van der Waals surface area contributed by atoms with Crippen LogP contribution in [0.4, 0.5) is 23.3 Å². The number of benzene rings is 2. The van der Waals surface area contributed by atoms with Crippen molar-refractivity contribution in [3.05, 3.63) is 47.2 Å². The van der Waals surface area contributed by atoms with Gasteiger partial charge in [-0.3, -0.25) is 13.3 Å². The fourth-order valence-corrected chi connectivity index (χ4v) is 6.14. The number of nitrogens with one attached hydrogen (secondary N) is 2. The molecule has 0 bridgehead atoms. The maximum absolute atomic E-state index is 12.6. The van der Waals surface area contributed by atoms with Gasteiger partial charge in [-0.2, -0.15) is 31.8 Å². The molecule has 3 aromatic rings. The molecule has 0 fully saturated rings. The van der Waals surface area contributed by atoms with Crippen LogP contribution in [0, 0.1) is 6.92 Å². The number of sulfone groups is 1. The number of aryl methyl sites for hydroxylation is 1. The number of anilines is 4. The molecule has 0 amide bonds. The summed E-state index contributed by atoms with van der Waals surface area (Å²) in [5, 5.41) is 16.2. The summed E-state index contributed by atoms with van der Waals surface area (Å²) in [6, 6.07) is 7.05. The molecule has 0 unspecified atom stereocenters. The Balaban J connectivity index is 1.88. The van der Waals surface area contributed by atoms with Gasteiger partial charge in [-0.25, -0.2) is 13.7 Å². The number of nitrogens with zero attached hydrogens (tertiary/aromatic N) is 3. The smallest absolute Gasteiger partial charge is 0.296 e. The molecule has 0 radical (unpaired) electrons. The lowest BCUT2D eigenvalue weighted by Crippen LogP contribution is -2.12. The standard InChI is InChI=1S/C18H18ClN5O12S4/c1-10-7-13(15(40(31,32)33)9-14(10)39(28,29)30)21-18-23-16(19)22-17(24-18)20-11-3-2-4-12(8-11)38(26,27)6-5-34-37-36-35-25/h2-4,7-9,25H,5-6H2,1H3,(H,28,29,30)(H,31,32,33)(H2,20,21,22,23,24). The summed E-state index contributed by atoms with van der Waals surface area (Å²) in [6.45, 7) is 0.959. The fourth-order valence-electron chi connectivity index (χ4n) is 3.06. The van der Waals surface area contributed by atoms with E-state index in [2.05, 4.69) is 35.0 Å². The Bertz CT molecular complexity index is 1720. The molecule has 1 aromatic heterocycles. The third-order valence-electron chi connectivity index (χ3n) is 4.68. The predicted molar refractivity (Wildman–Crippen MR) is 139 cm³/mol. The zero-order chi connectivity index (χ0) is 29.7. The second-order valence-corrected chi connectivity index (χ2v) is 13.2. The van der Waals surface area contributed by atoms with Crippen LogP contribution < -0.4 is 10.6 Å². The van der Waals surface area contributed by atoms with Gasteiger partial charge in [-0.05, 0) is 54.4 Å². The van der Waals surface area contributed by atoms with Crippen molar-refractivity contribution in [1.29, 1.82) is 0 Å². The van der Waals surface area contributed by atoms with Crippen LogP contribution in [-0.2, 0) is 43.6 Å². The number of aromatic nitrogens is 3. The normalized spacial score (nSPS) is 12.3. The van der Waals surface area contributed by atoms with Gasteiger partial charge in [0.1, 0.15) is 4.90 Å². The van der Waals surface area contributed by atoms with Crippen molar-refractivity contribution in [2.45, 2.75) is 21.6 Å². The van der Waals surface area contributed by atoms with Crippen molar-refractivity contribution in [1.82, 2.24) is 15.0 Å². The first-order valence-electron chi connectivity index (χ1n) is 10.2. The van der Waals surface area contributed by atoms with E-state index in [4.69, 9.17) is 21.0 Å². The van der Waals surface area contributed by atoms with Crippen LogP contribution >= 0.6 is 23.9 Å². The summed E-state index contributed by atoms with van der Waals surface area (Å²) in [7, 11) is -13.7. The average molecular weight is 660 g/mol. The van der Waals surface area contributed by atoms with Crippen LogP contribution in [0.25, 0.3) is 0 Å². The average Bonchev–Trinajstić information content (AvgIpc) is 2.82. The molecule has 5 N–H and O–H groups in total. The minimum Gasteiger partial charge on any atom is -0.324 e. The van der Waals surface area contributed by atoms with Gasteiger partial charge in [0.25, 0.3) is 20.2 Å². The van der Waals surface area contributed by atoms with E-state index >= 15 is 0 Å². The molecule has 0 spiro atoms. The van der Waals surface area contributed by atoms with Crippen molar-refractivity contribution in [2.75, 3.05) is 23.0 Å². The van der Waals surface area contributed by atoms with E-state index in [1.807, 2.05) is 0 Å². The molecule has 0 atom stereocenters. The zero-order valence-electron chi connectivity index (χ0n) is 19.7. The maximum atomic E-state index is 12.6. The van der Waals surface area contributed by atoms with Crippen molar-refractivity contribution in [3.8, 4) is 0 Å². The summed E-state index contributed by atoms with van der Waals surface area (Å²) < 4.78 is 99.8. The van der Waals surface area contributed by atoms with Gasteiger partial charge >= 0.3 is 0 Å². The molecule has 40 heavy (non-hydrogen) atoms. The largest absolute Gasteiger partial charge is 0.324 e. The highest BCUT2D eigenvalue weighted by atomic mass is 35.5. The van der Waals surface area contributed by atoms with E-state index in [1.54, 1.807) is 0 Å². The molecule has 0 saturated heterocycles. The van der Waals surface area contributed by atoms with Gasteiger partial charge in [0.05, 0.1) is 27.8 Å². The van der Waals surface area contributed by atoms with Gasteiger partial charge in [0, 0.05) is 5.69 Å². The van der Waals surface area contributed by atoms with E-state index < -0.39 is 45.6 Å². The summed E-state index contributed by atoms with van der Waals surface area (Å²) in [5.74, 6) is -1.01. The number of hydrogen-bond acceptors (Lipinski definition) is 16. The third-order valence-corrected chi connectivity index (χ3v) is 8.79. The van der Waals surface area contributed by atoms with E-state index in [-0.39, 0.29) is 57.9 Å². The Morgan fingerprint density at radius 1 is 0.925 bits per heavy atom. The van der Waals surface area contributed by atoms with Gasteiger partial charge in [0.2, 0.25) is 17.2 Å². The molecule has 22 heteroatoms.